The molecule has 82 valence electrons. The van der Waals surface area contributed by atoms with Gasteiger partial charge in [0, 0.05) is 40.6 Å². The Labute approximate surface area is 108 Å². The van der Waals surface area contributed by atoms with Crippen LogP contribution >= 0.6 is 39.3 Å². The van der Waals surface area contributed by atoms with Crippen LogP contribution in [0.25, 0.3) is 0 Å². The summed E-state index contributed by atoms with van der Waals surface area (Å²) in [4.78, 5) is 2.46. The van der Waals surface area contributed by atoms with E-state index in [-0.39, 0.29) is 0 Å². The largest absolute Gasteiger partial charge is 0.297 e. The minimum absolute atomic E-state index is 0.864. The zero-order valence-electron chi connectivity index (χ0n) is 8.38. The number of benzene rings is 1. The van der Waals surface area contributed by atoms with Crippen LogP contribution in [0.2, 0.25) is 5.02 Å². The van der Waals surface area contributed by atoms with Crippen molar-refractivity contribution in [3.63, 3.8) is 0 Å². The second-order valence-electron chi connectivity index (χ2n) is 3.62. The maximum absolute atomic E-state index is 6.19. The Morgan fingerprint density at radius 2 is 2.07 bits per heavy atom. The predicted molar refractivity (Wildman–Crippen MR) is 71.8 cm³/mol. The van der Waals surface area contributed by atoms with Gasteiger partial charge in [-0.15, -0.1) is 0 Å². The van der Waals surface area contributed by atoms with Gasteiger partial charge in [-0.25, -0.2) is 0 Å². The number of halogens is 2. The van der Waals surface area contributed by atoms with Gasteiger partial charge in [-0.05, 0) is 17.7 Å². The summed E-state index contributed by atoms with van der Waals surface area (Å²) in [5.74, 6) is 2.49. The van der Waals surface area contributed by atoms with E-state index in [9.17, 15) is 0 Å². The van der Waals surface area contributed by atoms with E-state index in [1.54, 1.807) is 0 Å². The Morgan fingerprint density at radius 1 is 1.33 bits per heavy atom. The van der Waals surface area contributed by atoms with Crippen LogP contribution in [0.1, 0.15) is 5.56 Å². The summed E-state index contributed by atoms with van der Waals surface area (Å²) >= 11 is 11.6. The van der Waals surface area contributed by atoms with Crippen molar-refractivity contribution in [2.45, 2.75) is 6.54 Å². The fraction of sp³-hybridized carbons (Fsp3) is 0.455. The summed E-state index contributed by atoms with van der Waals surface area (Å²) < 4.78 is 1.05. The van der Waals surface area contributed by atoms with E-state index < -0.39 is 0 Å². The van der Waals surface area contributed by atoms with Crippen LogP contribution in [0.15, 0.2) is 22.7 Å². The van der Waals surface area contributed by atoms with Crippen LogP contribution < -0.4 is 0 Å². The van der Waals surface area contributed by atoms with Crippen LogP contribution in [-0.2, 0) is 6.54 Å². The first-order chi connectivity index (χ1) is 7.25. The second kappa shape index (κ2) is 5.58. The molecular formula is C11H13BrClNS. The summed E-state index contributed by atoms with van der Waals surface area (Å²) in [7, 11) is 0. The lowest BCUT2D eigenvalue weighted by Crippen LogP contribution is -2.32. The molecule has 1 nitrogen and oxygen atoms in total. The zero-order chi connectivity index (χ0) is 10.7. The van der Waals surface area contributed by atoms with Crippen molar-refractivity contribution < 1.29 is 0 Å². The smallest absolute Gasteiger partial charge is 0.0462 e. The molecule has 0 aromatic heterocycles. The van der Waals surface area contributed by atoms with Gasteiger partial charge in [-0.1, -0.05) is 33.6 Å². The highest BCUT2D eigenvalue weighted by Crippen LogP contribution is 2.23. The lowest BCUT2D eigenvalue weighted by molar-refractivity contribution is 0.294. The predicted octanol–water partition coefficient (Wildman–Crippen LogP) is 3.65. The molecule has 2 rings (SSSR count). The lowest BCUT2D eigenvalue weighted by atomic mass is 10.2. The molecule has 1 saturated heterocycles. The third kappa shape index (κ3) is 3.38. The van der Waals surface area contributed by atoms with Crippen molar-refractivity contribution in [1.82, 2.24) is 4.90 Å². The molecule has 0 saturated carbocycles. The molecule has 1 aromatic carbocycles. The number of hydrogen-bond acceptors (Lipinski definition) is 2. The van der Waals surface area contributed by atoms with E-state index in [0.717, 1.165) is 16.0 Å². The molecule has 0 bridgehead atoms. The van der Waals surface area contributed by atoms with Gasteiger partial charge in [-0.2, -0.15) is 11.8 Å². The van der Waals surface area contributed by atoms with E-state index in [4.69, 9.17) is 11.6 Å². The highest BCUT2D eigenvalue weighted by Gasteiger charge is 2.12. The van der Waals surface area contributed by atoms with Gasteiger partial charge < -0.3 is 0 Å². The van der Waals surface area contributed by atoms with Crippen molar-refractivity contribution in [3.05, 3.63) is 33.3 Å². The molecule has 0 amide bonds. The third-order valence-corrected chi connectivity index (χ3v) is 4.30. The van der Waals surface area contributed by atoms with Crippen molar-refractivity contribution >= 4 is 39.3 Å². The van der Waals surface area contributed by atoms with Gasteiger partial charge in [0.05, 0.1) is 0 Å². The molecule has 4 heteroatoms. The highest BCUT2D eigenvalue weighted by molar-refractivity contribution is 9.10. The molecule has 0 radical (unpaired) electrons. The average Bonchev–Trinajstić information content (AvgIpc) is 2.24. The molecule has 0 aliphatic carbocycles. The Bertz CT molecular complexity index is 339. The molecule has 0 unspecified atom stereocenters. The molecule has 15 heavy (non-hydrogen) atoms. The van der Waals surface area contributed by atoms with Gasteiger partial charge >= 0.3 is 0 Å². The second-order valence-corrected chi connectivity index (χ2v) is 6.17. The highest BCUT2D eigenvalue weighted by atomic mass is 79.9. The standard InChI is InChI=1S/C11H13BrClNS/c12-10-2-1-9(11(13)7-10)8-14-3-5-15-6-4-14/h1-2,7H,3-6,8H2. The van der Waals surface area contributed by atoms with E-state index in [1.165, 1.54) is 30.2 Å². The van der Waals surface area contributed by atoms with E-state index in [2.05, 4.69) is 33.0 Å². The van der Waals surface area contributed by atoms with Crippen LogP contribution in [0.4, 0.5) is 0 Å². The van der Waals surface area contributed by atoms with Crippen LogP contribution in [0.3, 0.4) is 0 Å². The molecule has 1 fully saturated rings. The van der Waals surface area contributed by atoms with Gasteiger partial charge in [0.1, 0.15) is 0 Å². The van der Waals surface area contributed by atoms with E-state index >= 15 is 0 Å². The average molecular weight is 307 g/mol. The Balaban J connectivity index is 2.03. The Kier molecular flexibility index (Phi) is 4.38. The Morgan fingerprint density at radius 3 is 2.73 bits per heavy atom. The first-order valence-electron chi connectivity index (χ1n) is 5.00. The third-order valence-electron chi connectivity index (χ3n) is 2.51. The van der Waals surface area contributed by atoms with Gasteiger partial charge in [0.25, 0.3) is 0 Å². The summed E-state index contributed by atoms with van der Waals surface area (Å²) in [6.45, 7) is 3.33. The molecule has 1 aliphatic heterocycles. The van der Waals surface area contributed by atoms with E-state index in [0.29, 0.717) is 0 Å². The molecule has 1 heterocycles. The number of thioether (sulfide) groups is 1. The lowest BCUT2D eigenvalue weighted by Gasteiger charge is -2.26. The first-order valence-corrected chi connectivity index (χ1v) is 7.32. The molecular weight excluding hydrogens is 294 g/mol. The SMILES string of the molecule is Clc1cc(Br)ccc1CN1CCSCC1. The summed E-state index contributed by atoms with van der Waals surface area (Å²) in [6.07, 6.45) is 0. The normalized spacial score (nSPS) is 18.0. The topological polar surface area (TPSA) is 3.24 Å². The van der Waals surface area contributed by atoms with Crippen molar-refractivity contribution in [1.29, 1.82) is 0 Å². The summed E-state index contributed by atoms with van der Waals surface area (Å²) in [6, 6.07) is 6.13. The molecule has 0 N–H and O–H groups in total. The van der Waals surface area contributed by atoms with Crippen LogP contribution in [0.5, 0.6) is 0 Å². The van der Waals surface area contributed by atoms with Gasteiger partial charge in [-0.3, -0.25) is 4.90 Å². The minimum Gasteiger partial charge on any atom is -0.297 e. The summed E-state index contributed by atoms with van der Waals surface area (Å²) in [5.41, 5.74) is 1.23. The molecule has 1 aromatic rings. The summed E-state index contributed by atoms with van der Waals surface area (Å²) in [5, 5.41) is 0.864. The monoisotopic (exact) mass is 305 g/mol. The fourth-order valence-corrected chi connectivity index (χ4v) is 3.36. The maximum atomic E-state index is 6.19. The maximum Gasteiger partial charge on any atom is 0.0462 e. The van der Waals surface area contributed by atoms with Gasteiger partial charge in [0.2, 0.25) is 0 Å². The van der Waals surface area contributed by atoms with Crippen molar-refractivity contribution in [2.24, 2.45) is 0 Å². The van der Waals surface area contributed by atoms with E-state index in [1.807, 2.05) is 17.8 Å². The van der Waals surface area contributed by atoms with Gasteiger partial charge in [0.15, 0.2) is 0 Å². The number of nitrogens with zero attached hydrogens (tertiary/aromatic N) is 1. The quantitative estimate of drug-likeness (QED) is 0.820. The number of rotatable bonds is 2. The molecule has 1 aliphatic rings. The zero-order valence-corrected chi connectivity index (χ0v) is 11.5. The number of hydrogen-bond donors (Lipinski definition) is 0. The van der Waals surface area contributed by atoms with Crippen molar-refractivity contribution in [2.75, 3.05) is 24.6 Å². The fourth-order valence-electron chi connectivity index (χ4n) is 1.65. The Hall–Kier alpha value is 0.300. The minimum atomic E-state index is 0.864. The van der Waals surface area contributed by atoms with Crippen LogP contribution in [0, 0.1) is 0 Å². The molecule has 0 spiro atoms. The molecule has 0 atom stereocenters. The first kappa shape index (κ1) is 11.8. The van der Waals surface area contributed by atoms with Crippen LogP contribution in [-0.4, -0.2) is 29.5 Å². The van der Waals surface area contributed by atoms with Crippen molar-refractivity contribution in [3.8, 4) is 0 Å².